The molecule has 2 rings (SSSR count). The smallest absolute Gasteiger partial charge is 0.254 e. The molecule has 0 saturated heterocycles. The molecule has 0 radical (unpaired) electrons. The molecule has 16 heavy (non-hydrogen) atoms. The molecule has 1 aliphatic heterocycles. The lowest BCUT2D eigenvalue weighted by molar-refractivity contribution is 0.0766. The molecular weight excluding hydrogens is 202 g/mol. The van der Waals surface area contributed by atoms with Gasteiger partial charge in [0.25, 0.3) is 5.91 Å². The van der Waals surface area contributed by atoms with Gasteiger partial charge in [-0.3, -0.25) is 4.79 Å². The van der Waals surface area contributed by atoms with E-state index in [9.17, 15) is 4.79 Å². The number of carbonyl (C=O) groups excluding carboxylic acids is 1. The molecule has 0 saturated carbocycles. The molecule has 0 aromatic heterocycles. The fraction of sp³-hybridized carbons (Fsp3) is 0.308. The van der Waals surface area contributed by atoms with E-state index in [0.717, 1.165) is 13.0 Å². The van der Waals surface area contributed by atoms with Crippen molar-refractivity contribution in [2.24, 2.45) is 0 Å². The Labute approximate surface area is 95.0 Å². The molecule has 1 N–H and O–H groups in total. The van der Waals surface area contributed by atoms with Gasteiger partial charge in [0.2, 0.25) is 0 Å². The van der Waals surface area contributed by atoms with Crippen LogP contribution < -0.4 is 0 Å². The van der Waals surface area contributed by atoms with Gasteiger partial charge in [-0.25, -0.2) is 0 Å². The van der Waals surface area contributed by atoms with Crippen LogP contribution in [0.1, 0.15) is 23.7 Å². The summed E-state index contributed by atoms with van der Waals surface area (Å²) in [4.78, 5) is 13.9. The highest BCUT2D eigenvalue weighted by atomic mass is 16.3. The van der Waals surface area contributed by atoms with Crippen molar-refractivity contribution in [1.29, 1.82) is 0 Å². The van der Waals surface area contributed by atoms with Crippen LogP contribution in [-0.4, -0.2) is 29.0 Å². The molecule has 1 aliphatic rings. The molecule has 0 unspecified atom stereocenters. The first-order chi connectivity index (χ1) is 7.66. The van der Waals surface area contributed by atoms with E-state index in [2.05, 4.69) is 6.08 Å². The quantitative estimate of drug-likeness (QED) is 0.732. The van der Waals surface area contributed by atoms with Crippen LogP contribution in [0.15, 0.2) is 35.9 Å². The molecule has 1 aromatic carbocycles. The molecule has 1 aromatic rings. The third-order valence-corrected chi connectivity index (χ3v) is 2.73. The minimum Gasteiger partial charge on any atom is -0.508 e. The maximum Gasteiger partial charge on any atom is 0.254 e. The molecule has 0 spiro atoms. The Morgan fingerprint density at radius 2 is 2.00 bits per heavy atom. The molecule has 0 aliphatic carbocycles. The standard InChI is InChI=1S/C13H15NO2/c1-10-3-2-8-14(9-10)13(16)11-4-6-12(15)7-5-11/h3-7,15H,2,8-9H2,1H3. The summed E-state index contributed by atoms with van der Waals surface area (Å²) in [6, 6.07) is 6.40. The molecule has 0 fully saturated rings. The Morgan fingerprint density at radius 3 is 2.62 bits per heavy atom. The number of benzene rings is 1. The van der Waals surface area contributed by atoms with Gasteiger partial charge in [-0.05, 0) is 37.6 Å². The fourth-order valence-electron chi connectivity index (χ4n) is 1.87. The van der Waals surface area contributed by atoms with Crippen LogP contribution in [0.5, 0.6) is 5.75 Å². The molecule has 0 bridgehead atoms. The molecule has 1 heterocycles. The molecular formula is C13H15NO2. The van der Waals surface area contributed by atoms with Crippen LogP contribution in [0.3, 0.4) is 0 Å². The Balaban J connectivity index is 2.13. The van der Waals surface area contributed by atoms with E-state index in [1.54, 1.807) is 24.3 Å². The fourth-order valence-corrected chi connectivity index (χ4v) is 1.87. The zero-order valence-electron chi connectivity index (χ0n) is 9.31. The number of phenolic OH excluding ortho intramolecular Hbond substituents is 1. The Hall–Kier alpha value is -1.77. The summed E-state index contributed by atoms with van der Waals surface area (Å²) in [6.45, 7) is 3.52. The van der Waals surface area contributed by atoms with Crippen LogP contribution in [-0.2, 0) is 0 Å². The summed E-state index contributed by atoms with van der Waals surface area (Å²) in [6.07, 6.45) is 3.09. The number of rotatable bonds is 1. The number of aromatic hydroxyl groups is 1. The van der Waals surface area contributed by atoms with E-state index in [1.807, 2.05) is 11.8 Å². The molecule has 1 amide bonds. The topological polar surface area (TPSA) is 40.5 Å². The van der Waals surface area contributed by atoms with Gasteiger partial charge in [0.1, 0.15) is 5.75 Å². The van der Waals surface area contributed by atoms with Crippen molar-refractivity contribution >= 4 is 5.91 Å². The van der Waals surface area contributed by atoms with Crippen molar-refractivity contribution in [3.63, 3.8) is 0 Å². The largest absolute Gasteiger partial charge is 0.508 e. The van der Waals surface area contributed by atoms with Crippen LogP contribution in [0, 0.1) is 0 Å². The lowest BCUT2D eigenvalue weighted by Gasteiger charge is -2.26. The molecule has 3 nitrogen and oxygen atoms in total. The second-order valence-electron chi connectivity index (χ2n) is 4.11. The molecule has 3 heteroatoms. The summed E-state index contributed by atoms with van der Waals surface area (Å²) in [5.74, 6) is 0.221. The van der Waals surface area contributed by atoms with Gasteiger partial charge in [0.15, 0.2) is 0 Å². The highest BCUT2D eigenvalue weighted by molar-refractivity contribution is 5.94. The Bertz CT molecular complexity index is 420. The number of amides is 1. The van der Waals surface area contributed by atoms with Crippen LogP contribution in [0.2, 0.25) is 0 Å². The number of hydrogen-bond acceptors (Lipinski definition) is 2. The lowest BCUT2D eigenvalue weighted by atomic mass is 10.1. The summed E-state index contributed by atoms with van der Waals surface area (Å²) >= 11 is 0. The first kappa shape index (κ1) is 10.7. The van der Waals surface area contributed by atoms with E-state index in [-0.39, 0.29) is 11.7 Å². The summed E-state index contributed by atoms with van der Waals surface area (Å²) in [7, 11) is 0. The maximum atomic E-state index is 12.1. The van der Waals surface area contributed by atoms with E-state index < -0.39 is 0 Å². The zero-order chi connectivity index (χ0) is 11.5. The highest BCUT2D eigenvalue weighted by Gasteiger charge is 2.17. The van der Waals surface area contributed by atoms with Crippen molar-refractivity contribution in [2.75, 3.05) is 13.1 Å². The van der Waals surface area contributed by atoms with Crippen LogP contribution >= 0.6 is 0 Å². The van der Waals surface area contributed by atoms with Gasteiger partial charge in [-0.2, -0.15) is 0 Å². The van der Waals surface area contributed by atoms with Gasteiger partial charge in [0.05, 0.1) is 0 Å². The summed E-state index contributed by atoms with van der Waals surface area (Å²) in [5, 5.41) is 9.16. The minimum atomic E-state index is 0.0347. The Morgan fingerprint density at radius 1 is 1.31 bits per heavy atom. The van der Waals surface area contributed by atoms with Gasteiger partial charge >= 0.3 is 0 Å². The van der Waals surface area contributed by atoms with Gasteiger partial charge in [0, 0.05) is 18.7 Å². The average molecular weight is 217 g/mol. The minimum absolute atomic E-state index is 0.0347. The van der Waals surface area contributed by atoms with Gasteiger partial charge in [-0.15, -0.1) is 0 Å². The number of phenols is 1. The predicted octanol–water partition coefficient (Wildman–Crippen LogP) is 2.18. The number of hydrogen-bond donors (Lipinski definition) is 1. The number of nitrogens with zero attached hydrogens (tertiary/aromatic N) is 1. The maximum absolute atomic E-state index is 12.1. The van der Waals surface area contributed by atoms with E-state index in [0.29, 0.717) is 12.1 Å². The number of carbonyl (C=O) groups is 1. The van der Waals surface area contributed by atoms with Crippen LogP contribution in [0.25, 0.3) is 0 Å². The van der Waals surface area contributed by atoms with E-state index in [4.69, 9.17) is 5.11 Å². The first-order valence-electron chi connectivity index (χ1n) is 5.41. The van der Waals surface area contributed by atoms with Crippen molar-refractivity contribution in [2.45, 2.75) is 13.3 Å². The monoisotopic (exact) mass is 217 g/mol. The van der Waals surface area contributed by atoms with Crippen molar-refractivity contribution in [3.05, 3.63) is 41.5 Å². The highest BCUT2D eigenvalue weighted by Crippen LogP contribution is 2.15. The van der Waals surface area contributed by atoms with E-state index in [1.165, 1.54) is 5.57 Å². The summed E-state index contributed by atoms with van der Waals surface area (Å²) < 4.78 is 0. The lowest BCUT2D eigenvalue weighted by Crippen LogP contribution is -2.35. The average Bonchev–Trinajstić information content (AvgIpc) is 2.29. The predicted molar refractivity (Wildman–Crippen MR) is 62.4 cm³/mol. The van der Waals surface area contributed by atoms with Crippen molar-refractivity contribution in [1.82, 2.24) is 4.90 Å². The van der Waals surface area contributed by atoms with Crippen LogP contribution in [0.4, 0.5) is 0 Å². The van der Waals surface area contributed by atoms with Crippen molar-refractivity contribution < 1.29 is 9.90 Å². The van der Waals surface area contributed by atoms with Crippen molar-refractivity contribution in [3.8, 4) is 5.75 Å². The Kier molecular flexibility index (Phi) is 2.95. The second kappa shape index (κ2) is 4.39. The first-order valence-corrected chi connectivity index (χ1v) is 5.41. The third-order valence-electron chi connectivity index (χ3n) is 2.73. The second-order valence-corrected chi connectivity index (χ2v) is 4.11. The zero-order valence-corrected chi connectivity index (χ0v) is 9.31. The van der Waals surface area contributed by atoms with Gasteiger partial charge in [-0.1, -0.05) is 11.6 Å². The molecule has 0 atom stereocenters. The molecule has 84 valence electrons. The third kappa shape index (κ3) is 2.24. The summed E-state index contributed by atoms with van der Waals surface area (Å²) in [5.41, 5.74) is 1.87. The SMILES string of the molecule is CC1=CCCN(C(=O)c2ccc(O)cc2)C1. The normalized spacial score (nSPS) is 15.8. The van der Waals surface area contributed by atoms with E-state index >= 15 is 0 Å². The van der Waals surface area contributed by atoms with Gasteiger partial charge < -0.3 is 10.0 Å².